The van der Waals surface area contributed by atoms with Gasteiger partial charge in [0.1, 0.15) is 0 Å². The second kappa shape index (κ2) is 4.58. The summed E-state index contributed by atoms with van der Waals surface area (Å²) in [4.78, 5) is 17.5. The number of nitrogens with one attached hydrogen (secondary N) is 1. The standard InChI is InChI=1S/C11H14FN3O2/c1-15-5-8(6-15)14-11(16)7-2-3-9(13)10(4-7)17-12/h2-4,8H,5-6,13H2,1H3,(H,14,16). The van der Waals surface area contributed by atoms with Crippen LogP contribution in [-0.2, 0) is 0 Å². The molecular formula is C11H14FN3O2. The van der Waals surface area contributed by atoms with Gasteiger partial charge < -0.3 is 16.0 Å². The van der Waals surface area contributed by atoms with Gasteiger partial charge in [0, 0.05) is 23.2 Å². The van der Waals surface area contributed by atoms with E-state index in [0.717, 1.165) is 13.1 Å². The van der Waals surface area contributed by atoms with Crippen molar-refractivity contribution in [1.82, 2.24) is 10.2 Å². The Hall–Kier alpha value is -1.82. The molecule has 2 rings (SSSR count). The van der Waals surface area contributed by atoms with Crippen LogP contribution in [0.25, 0.3) is 0 Å². The quantitative estimate of drug-likeness (QED) is 0.757. The van der Waals surface area contributed by atoms with Gasteiger partial charge in [0.2, 0.25) is 0 Å². The minimum Gasteiger partial charge on any atom is -0.396 e. The minimum absolute atomic E-state index is 0.136. The maximum Gasteiger partial charge on any atom is 0.251 e. The summed E-state index contributed by atoms with van der Waals surface area (Å²) in [6.45, 7) is 1.65. The molecule has 0 radical (unpaired) electrons. The molecule has 1 aromatic carbocycles. The van der Waals surface area contributed by atoms with Crippen LogP contribution < -0.4 is 16.0 Å². The van der Waals surface area contributed by atoms with Crippen LogP contribution in [0.15, 0.2) is 18.2 Å². The minimum atomic E-state index is -0.249. The molecule has 1 heterocycles. The monoisotopic (exact) mass is 239 g/mol. The Labute approximate surface area is 98.2 Å². The Kier molecular flexibility index (Phi) is 3.14. The van der Waals surface area contributed by atoms with Crippen molar-refractivity contribution < 1.29 is 14.3 Å². The number of carbonyl (C=O) groups excluding carboxylic acids is 1. The molecule has 0 saturated carbocycles. The summed E-state index contributed by atoms with van der Waals surface area (Å²) < 4.78 is 12.1. The van der Waals surface area contributed by atoms with Crippen molar-refractivity contribution in [1.29, 1.82) is 0 Å². The number of rotatable bonds is 3. The molecule has 1 amide bonds. The third-order valence-corrected chi connectivity index (χ3v) is 2.76. The Morgan fingerprint density at radius 3 is 2.88 bits per heavy atom. The molecule has 17 heavy (non-hydrogen) atoms. The fourth-order valence-corrected chi connectivity index (χ4v) is 1.80. The molecule has 0 bridgehead atoms. The Balaban J connectivity index is 2.03. The van der Waals surface area contributed by atoms with E-state index in [1.807, 2.05) is 7.05 Å². The normalized spacial score (nSPS) is 16.4. The first-order valence-corrected chi connectivity index (χ1v) is 5.27. The van der Waals surface area contributed by atoms with Gasteiger partial charge in [0.05, 0.1) is 11.7 Å². The Morgan fingerprint density at radius 1 is 1.59 bits per heavy atom. The zero-order chi connectivity index (χ0) is 12.4. The number of nitrogen functional groups attached to an aromatic ring is 1. The second-order valence-corrected chi connectivity index (χ2v) is 4.22. The Morgan fingerprint density at radius 2 is 2.29 bits per heavy atom. The second-order valence-electron chi connectivity index (χ2n) is 4.22. The van der Waals surface area contributed by atoms with Crippen molar-refractivity contribution >= 4 is 11.6 Å². The SMILES string of the molecule is CN1CC(NC(=O)c2ccc(N)c(OF)c2)C1. The maximum atomic E-state index is 12.1. The Bertz CT molecular complexity index is 433. The van der Waals surface area contributed by atoms with Crippen LogP contribution in [0.4, 0.5) is 10.2 Å². The van der Waals surface area contributed by atoms with Crippen molar-refractivity contribution in [3.05, 3.63) is 23.8 Å². The van der Waals surface area contributed by atoms with Gasteiger partial charge in [-0.15, -0.1) is 0 Å². The largest absolute Gasteiger partial charge is 0.396 e. The van der Waals surface area contributed by atoms with Gasteiger partial charge in [-0.25, -0.2) is 0 Å². The first kappa shape index (κ1) is 11.7. The number of nitrogens with zero attached hydrogens (tertiary/aromatic N) is 1. The van der Waals surface area contributed by atoms with Crippen LogP contribution >= 0.6 is 0 Å². The van der Waals surface area contributed by atoms with E-state index in [-0.39, 0.29) is 23.4 Å². The van der Waals surface area contributed by atoms with Gasteiger partial charge in [-0.1, -0.05) is 0 Å². The van der Waals surface area contributed by atoms with Crippen molar-refractivity contribution in [2.75, 3.05) is 25.9 Å². The predicted octanol–water partition coefficient (Wildman–Crippen LogP) is 0.576. The van der Waals surface area contributed by atoms with Gasteiger partial charge >= 0.3 is 0 Å². The lowest BCUT2D eigenvalue weighted by molar-refractivity contribution is -0.00529. The highest BCUT2D eigenvalue weighted by Gasteiger charge is 2.25. The number of benzene rings is 1. The van der Waals surface area contributed by atoms with Gasteiger partial charge in [-0.05, 0) is 25.2 Å². The summed E-state index contributed by atoms with van der Waals surface area (Å²) in [6, 6.07) is 4.42. The lowest BCUT2D eigenvalue weighted by Gasteiger charge is -2.36. The molecular weight excluding hydrogens is 225 g/mol. The lowest BCUT2D eigenvalue weighted by Crippen LogP contribution is -2.57. The summed E-state index contributed by atoms with van der Waals surface area (Å²) in [7, 11) is 1.97. The molecule has 0 aromatic heterocycles. The molecule has 1 aliphatic heterocycles. The highest BCUT2D eigenvalue weighted by Crippen LogP contribution is 2.23. The molecule has 1 fully saturated rings. The first-order valence-electron chi connectivity index (χ1n) is 5.27. The van der Waals surface area contributed by atoms with Crippen LogP contribution in [0, 0.1) is 0 Å². The molecule has 1 aliphatic rings. The van der Waals surface area contributed by atoms with Crippen molar-refractivity contribution in [3.63, 3.8) is 0 Å². The van der Waals surface area contributed by atoms with E-state index in [4.69, 9.17) is 5.73 Å². The van der Waals surface area contributed by atoms with E-state index in [2.05, 4.69) is 15.2 Å². The molecule has 3 N–H and O–H groups in total. The molecule has 92 valence electrons. The predicted molar refractivity (Wildman–Crippen MR) is 61.3 cm³/mol. The average molecular weight is 239 g/mol. The molecule has 5 nitrogen and oxygen atoms in total. The highest BCUT2D eigenvalue weighted by molar-refractivity contribution is 5.95. The third-order valence-electron chi connectivity index (χ3n) is 2.76. The number of anilines is 1. The molecule has 0 unspecified atom stereocenters. The van der Waals surface area contributed by atoms with Crippen LogP contribution in [-0.4, -0.2) is 37.0 Å². The molecule has 1 aromatic rings. The van der Waals surface area contributed by atoms with Crippen molar-refractivity contribution in [2.45, 2.75) is 6.04 Å². The van der Waals surface area contributed by atoms with Crippen LogP contribution in [0.3, 0.4) is 0 Å². The van der Waals surface area contributed by atoms with E-state index in [9.17, 15) is 9.32 Å². The van der Waals surface area contributed by atoms with Gasteiger partial charge in [0.15, 0.2) is 5.75 Å². The summed E-state index contributed by atoms with van der Waals surface area (Å²) in [5.74, 6) is -0.384. The van der Waals surface area contributed by atoms with Crippen molar-refractivity contribution in [3.8, 4) is 5.75 Å². The van der Waals surface area contributed by atoms with E-state index in [1.165, 1.54) is 18.2 Å². The van der Waals surface area contributed by atoms with Gasteiger partial charge in [-0.2, -0.15) is 0 Å². The lowest BCUT2D eigenvalue weighted by atomic mass is 10.1. The van der Waals surface area contributed by atoms with Gasteiger partial charge in [0.25, 0.3) is 5.91 Å². The van der Waals surface area contributed by atoms with E-state index >= 15 is 0 Å². The number of likely N-dealkylation sites (tertiary alicyclic amines) is 1. The summed E-state index contributed by atoms with van der Waals surface area (Å²) >= 11 is 0. The number of amides is 1. The molecule has 0 spiro atoms. The summed E-state index contributed by atoms with van der Waals surface area (Å²) in [6.07, 6.45) is 0. The third kappa shape index (κ3) is 2.47. The number of hydrogen-bond donors (Lipinski definition) is 2. The zero-order valence-electron chi connectivity index (χ0n) is 9.44. The number of likely N-dealkylation sites (N-methyl/N-ethyl adjacent to an activating group) is 1. The van der Waals surface area contributed by atoms with Crippen LogP contribution in [0.5, 0.6) is 5.75 Å². The summed E-state index contributed by atoms with van der Waals surface area (Å²) in [5, 5.41) is 2.83. The number of halogens is 1. The summed E-state index contributed by atoms with van der Waals surface area (Å²) in [5.41, 5.74) is 5.95. The topological polar surface area (TPSA) is 67.6 Å². The fraction of sp³-hybridized carbons (Fsp3) is 0.364. The number of nitrogens with two attached hydrogens (primary N) is 1. The van der Waals surface area contributed by atoms with E-state index in [0.29, 0.717) is 5.56 Å². The van der Waals surface area contributed by atoms with Crippen LogP contribution in [0.2, 0.25) is 0 Å². The molecule has 1 saturated heterocycles. The molecule has 6 heteroatoms. The molecule has 0 atom stereocenters. The molecule has 0 aliphatic carbocycles. The zero-order valence-corrected chi connectivity index (χ0v) is 9.44. The van der Waals surface area contributed by atoms with Crippen LogP contribution in [0.1, 0.15) is 10.4 Å². The van der Waals surface area contributed by atoms with Crippen molar-refractivity contribution in [2.24, 2.45) is 0 Å². The number of hydrogen-bond acceptors (Lipinski definition) is 4. The fourth-order valence-electron chi connectivity index (χ4n) is 1.80. The smallest absolute Gasteiger partial charge is 0.251 e. The van der Waals surface area contributed by atoms with E-state index < -0.39 is 0 Å². The first-order chi connectivity index (χ1) is 8.10. The highest BCUT2D eigenvalue weighted by atomic mass is 19.3. The van der Waals surface area contributed by atoms with Gasteiger partial charge in [-0.3, -0.25) is 9.74 Å². The number of carbonyl (C=O) groups is 1. The maximum absolute atomic E-state index is 12.1. The average Bonchev–Trinajstić information content (AvgIpc) is 2.27. The van der Waals surface area contributed by atoms with E-state index in [1.54, 1.807) is 0 Å².